The molecule has 42 heavy (non-hydrogen) atoms. The zero-order valence-electron chi connectivity index (χ0n) is 24.2. The van der Waals surface area contributed by atoms with Crippen molar-refractivity contribution >= 4 is 44.1 Å². The molecule has 2 fully saturated rings. The molecule has 2 aromatic carbocycles. The summed E-state index contributed by atoms with van der Waals surface area (Å²) in [6, 6.07) is 18.1. The van der Waals surface area contributed by atoms with E-state index in [0.717, 1.165) is 62.2 Å². The highest BCUT2D eigenvalue weighted by atomic mass is 32.1. The Hall–Kier alpha value is -3.56. The molecule has 3 N–H and O–H groups in total. The maximum Gasteiger partial charge on any atom is 0.404 e. The topological polar surface area (TPSA) is 97.9 Å². The van der Waals surface area contributed by atoms with Crippen molar-refractivity contribution in [1.82, 2.24) is 15.2 Å². The maximum atomic E-state index is 11.5. The highest BCUT2D eigenvalue weighted by Gasteiger charge is 2.18. The third kappa shape index (κ3) is 8.49. The van der Waals surface area contributed by atoms with E-state index in [-0.39, 0.29) is 5.56 Å². The molecule has 3 heterocycles. The van der Waals surface area contributed by atoms with Crippen LogP contribution in [0.2, 0.25) is 0 Å². The molecule has 1 saturated carbocycles. The van der Waals surface area contributed by atoms with E-state index in [1.807, 2.05) is 35.6 Å². The molecule has 1 aliphatic heterocycles. The number of amides is 1. The van der Waals surface area contributed by atoms with Gasteiger partial charge in [0.1, 0.15) is 5.75 Å². The van der Waals surface area contributed by atoms with Gasteiger partial charge in [0.25, 0.3) is 0 Å². The lowest BCUT2D eigenvalue weighted by atomic mass is 9.89. The van der Waals surface area contributed by atoms with E-state index in [2.05, 4.69) is 49.7 Å². The number of anilines is 1. The van der Waals surface area contributed by atoms with Crippen LogP contribution in [0.3, 0.4) is 0 Å². The minimum atomic E-state index is -0.893. The van der Waals surface area contributed by atoms with Crippen LogP contribution in [0, 0.1) is 5.92 Å². The van der Waals surface area contributed by atoms with Crippen LogP contribution in [0.25, 0.3) is 21.0 Å². The van der Waals surface area contributed by atoms with E-state index >= 15 is 0 Å². The van der Waals surface area contributed by atoms with Crippen molar-refractivity contribution in [3.05, 3.63) is 70.3 Å². The number of ether oxygens (including phenoxy) is 1. The van der Waals surface area contributed by atoms with Crippen molar-refractivity contribution in [3.63, 3.8) is 0 Å². The predicted octanol–water partition coefficient (Wildman–Crippen LogP) is 6.56. The largest absolute Gasteiger partial charge is 0.494 e. The predicted molar refractivity (Wildman–Crippen MR) is 172 cm³/mol. The summed E-state index contributed by atoms with van der Waals surface area (Å²) in [6.07, 6.45) is 7.51. The van der Waals surface area contributed by atoms with Gasteiger partial charge in [-0.2, -0.15) is 0 Å². The molecule has 1 aliphatic carbocycles. The SMILES string of the molecule is O=C(O)NCC1CCCCC1.O=c1ccc2ccc(OCCCCN3CCN(c4cccc5sccc45)CC3)cc2[nH]1. The lowest BCUT2D eigenvalue weighted by Crippen LogP contribution is -2.46. The Bertz CT molecular complexity index is 1490. The first-order valence-electron chi connectivity index (χ1n) is 15.2. The van der Waals surface area contributed by atoms with Gasteiger partial charge in [0, 0.05) is 60.6 Å². The Balaban J connectivity index is 0.000000271. The molecule has 0 spiro atoms. The average Bonchev–Trinajstić information content (AvgIpc) is 3.50. The third-order valence-corrected chi connectivity index (χ3v) is 9.17. The minimum Gasteiger partial charge on any atom is -0.494 e. The smallest absolute Gasteiger partial charge is 0.404 e. The van der Waals surface area contributed by atoms with E-state index in [9.17, 15) is 9.59 Å². The van der Waals surface area contributed by atoms with Crippen LogP contribution in [-0.4, -0.2) is 67.0 Å². The molecular formula is C33H42N4O4S. The number of hydrogen-bond donors (Lipinski definition) is 3. The second-order valence-corrected chi connectivity index (χ2v) is 12.2. The van der Waals surface area contributed by atoms with Gasteiger partial charge >= 0.3 is 6.09 Å². The van der Waals surface area contributed by atoms with E-state index in [4.69, 9.17) is 9.84 Å². The van der Waals surface area contributed by atoms with Gasteiger partial charge < -0.3 is 25.0 Å². The highest BCUT2D eigenvalue weighted by Crippen LogP contribution is 2.31. The van der Waals surface area contributed by atoms with Crippen LogP contribution in [0.5, 0.6) is 5.75 Å². The number of aromatic amines is 1. The lowest BCUT2D eigenvalue weighted by molar-refractivity contribution is 0.190. The summed E-state index contributed by atoms with van der Waals surface area (Å²) in [5.74, 6) is 1.41. The number of carboxylic acid groups (broad SMARTS) is 1. The first-order chi connectivity index (χ1) is 20.5. The summed E-state index contributed by atoms with van der Waals surface area (Å²) in [4.78, 5) is 29.6. The zero-order valence-corrected chi connectivity index (χ0v) is 25.0. The quantitative estimate of drug-likeness (QED) is 0.191. The molecule has 0 radical (unpaired) electrons. The van der Waals surface area contributed by atoms with E-state index < -0.39 is 6.09 Å². The number of H-pyrrole nitrogens is 1. The van der Waals surface area contributed by atoms with E-state index in [1.54, 1.807) is 6.07 Å². The van der Waals surface area contributed by atoms with Crippen LogP contribution < -0.4 is 20.5 Å². The third-order valence-electron chi connectivity index (χ3n) is 8.29. The fourth-order valence-electron chi connectivity index (χ4n) is 5.94. The Morgan fingerprint density at radius 2 is 1.81 bits per heavy atom. The Kier molecular flexibility index (Phi) is 10.7. The van der Waals surface area contributed by atoms with Crippen LogP contribution in [0.1, 0.15) is 44.9 Å². The van der Waals surface area contributed by atoms with Gasteiger partial charge in [0.2, 0.25) is 5.56 Å². The molecule has 9 heteroatoms. The van der Waals surface area contributed by atoms with Crippen molar-refractivity contribution in [3.8, 4) is 5.75 Å². The van der Waals surface area contributed by atoms with Gasteiger partial charge in [-0.05, 0) is 85.3 Å². The Morgan fingerprint density at radius 3 is 2.62 bits per heavy atom. The molecule has 8 nitrogen and oxygen atoms in total. The number of nitrogens with one attached hydrogen (secondary N) is 2. The summed E-state index contributed by atoms with van der Waals surface area (Å²) in [6.45, 7) is 6.85. The summed E-state index contributed by atoms with van der Waals surface area (Å²) in [5, 5.41) is 15.3. The summed E-state index contributed by atoms with van der Waals surface area (Å²) < 4.78 is 7.28. The van der Waals surface area contributed by atoms with Crippen LogP contribution in [0.4, 0.5) is 10.5 Å². The molecule has 2 aromatic heterocycles. The Morgan fingerprint density at radius 1 is 1.00 bits per heavy atom. The highest BCUT2D eigenvalue weighted by molar-refractivity contribution is 7.17. The van der Waals surface area contributed by atoms with Crippen molar-refractivity contribution in [2.24, 2.45) is 5.92 Å². The van der Waals surface area contributed by atoms with Gasteiger partial charge in [0.05, 0.1) is 12.1 Å². The van der Waals surface area contributed by atoms with Crippen LogP contribution >= 0.6 is 11.3 Å². The number of piperazine rings is 1. The number of benzene rings is 2. The fourth-order valence-corrected chi connectivity index (χ4v) is 6.74. The molecule has 0 bridgehead atoms. The van der Waals surface area contributed by atoms with Crippen molar-refractivity contribution in [2.75, 3.05) is 50.8 Å². The number of pyridine rings is 1. The number of fused-ring (bicyclic) bond motifs is 2. The van der Waals surface area contributed by atoms with Gasteiger partial charge in [-0.25, -0.2) is 4.79 Å². The number of aromatic nitrogens is 1. The monoisotopic (exact) mass is 590 g/mol. The molecule has 0 unspecified atom stereocenters. The second kappa shape index (κ2) is 15.1. The van der Waals surface area contributed by atoms with Gasteiger partial charge in [0.15, 0.2) is 0 Å². The summed E-state index contributed by atoms with van der Waals surface area (Å²) in [5.41, 5.74) is 2.11. The Labute approximate surface area is 251 Å². The van der Waals surface area contributed by atoms with Gasteiger partial charge in [-0.1, -0.05) is 25.3 Å². The lowest BCUT2D eigenvalue weighted by Gasteiger charge is -2.36. The summed E-state index contributed by atoms with van der Waals surface area (Å²) in [7, 11) is 0. The van der Waals surface area contributed by atoms with E-state index in [1.165, 1.54) is 47.9 Å². The van der Waals surface area contributed by atoms with Gasteiger partial charge in [-0.15, -0.1) is 11.3 Å². The second-order valence-electron chi connectivity index (χ2n) is 11.3. The van der Waals surface area contributed by atoms with Crippen LogP contribution in [0.15, 0.2) is 64.8 Å². The molecule has 224 valence electrons. The first-order valence-corrected chi connectivity index (χ1v) is 16.1. The molecule has 2 aliphatic rings. The zero-order chi connectivity index (χ0) is 29.1. The molecule has 0 atom stereocenters. The number of hydrogen-bond acceptors (Lipinski definition) is 6. The number of rotatable bonds is 9. The number of thiophene rings is 1. The number of carbonyl (C=O) groups is 1. The van der Waals surface area contributed by atoms with E-state index in [0.29, 0.717) is 19.1 Å². The fraction of sp³-hybridized carbons (Fsp3) is 0.455. The van der Waals surface area contributed by atoms with Crippen LogP contribution in [-0.2, 0) is 0 Å². The molecule has 1 saturated heterocycles. The van der Waals surface area contributed by atoms with Crippen molar-refractivity contribution < 1.29 is 14.6 Å². The maximum absolute atomic E-state index is 11.5. The van der Waals surface area contributed by atoms with Crippen molar-refractivity contribution in [2.45, 2.75) is 44.9 Å². The van der Waals surface area contributed by atoms with Gasteiger partial charge in [-0.3, -0.25) is 9.69 Å². The number of unbranched alkanes of at least 4 members (excludes halogenated alkanes) is 1. The number of nitrogens with zero attached hydrogens (tertiary/aromatic N) is 2. The molecule has 6 rings (SSSR count). The standard InChI is InChI=1S/C25H27N3O2S.C8H15NO2/c29-25-9-7-19-6-8-20(18-22(19)26-25)30-16-2-1-11-27-12-14-28(15-13-27)23-4-3-5-24-21(23)10-17-31-24;10-8(11)9-6-7-4-2-1-3-5-7/h3-10,17-18H,1-2,11-16H2,(H,26,29);7,9H,1-6H2,(H,10,11). The molecular weight excluding hydrogens is 548 g/mol. The van der Waals surface area contributed by atoms with Crippen molar-refractivity contribution in [1.29, 1.82) is 0 Å². The average molecular weight is 591 g/mol. The molecule has 1 amide bonds. The summed E-state index contributed by atoms with van der Waals surface area (Å²) >= 11 is 1.82. The first kappa shape index (κ1) is 29.9. The normalized spacial score (nSPS) is 16.2. The molecule has 4 aromatic rings. The minimum absolute atomic E-state index is 0.0863.